The maximum absolute atomic E-state index is 12.1. The van der Waals surface area contributed by atoms with Crippen LogP contribution in [0.15, 0.2) is 24.3 Å². The Hall–Kier alpha value is -1.05. The van der Waals surface area contributed by atoms with E-state index in [0.29, 0.717) is 18.7 Å². The molecule has 2 rings (SSSR count). The van der Waals surface area contributed by atoms with Crippen LogP contribution in [0, 0.1) is 0 Å². The predicted molar refractivity (Wildman–Crippen MR) is 104 cm³/mol. The van der Waals surface area contributed by atoms with E-state index in [4.69, 9.17) is 0 Å². The molecule has 5 nitrogen and oxygen atoms in total. The SMILES string of the molecule is CCN(CC)Cc1ccccc1CNC(=O)CSC1CCS(=O)(=O)C1. The molecule has 25 heavy (non-hydrogen) atoms. The number of thioether (sulfide) groups is 1. The van der Waals surface area contributed by atoms with Gasteiger partial charge in [-0.1, -0.05) is 38.1 Å². The quantitative estimate of drug-likeness (QED) is 0.706. The van der Waals surface area contributed by atoms with Gasteiger partial charge in [0.05, 0.1) is 17.3 Å². The Labute approximate surface area is 155 Å². The standard InChI is InChI=1S/C18H28N2O3S2/c1-3-20(4-2)12-16-8-6-5-7-15(16)11-19-18(21)13-24-17-9-10-25(22,23)14-17/h5-8,17H,3-4,9-14H2,1-2H3,(H,19,21). The summed E-state index contributed by atoms with van der Waals surface area (Å²) in [6, 6.07) is 8.18. The van der Waals surface area contributed by atoms with Crippen LogP contribution in [0.3, 0.4) is 0 Å². The highest BCUT2D eigenvalue weighted by atomic mass is 32.2. The first kappa shape index (κ1) is 20.3. The second-order valence-electron chi connectivity index (χ2n) is 6.34. The molecule has 7 heteroatoms. The minimum Gasteiger partial charge on any atom is -0.351 e. The number of carbonyl (C=O) groups excluding carboxylic acids is 1. The van der Waals surface area contributed by atoms with E-state index < -0.39 is 9.84 Å². The summed E-state index contributed by atoms with van der Waals surface area (Å²) in [6.07, 6.45) is 0.660. The third-order valence-electron chi connectivity index (χ3n) is 4.52. The summed E-state index contributed by atoms with van der Waals surface area (Å²) in [5.41, 5.74) is 2.37. The van der Waals surface area contributed by atoms with Gasteiger partial charge in [-0.25, -0.2) is 8.42 Å². The molecule has 1 amide bonds. The predicted octanol–water partition coefficient (Wildman–Crippen LogP) is 2.06. The summed E-state index contributed by atoms with van der Waals surface area (Å²) in [5, 5.41) is 3.03. The van der Waals surface area contributed by atoms with Crippen molar-refractivity contribution in [3.63, 3.8) is 0 Å². The van der Waals surface area contributed by atoms with E-state index in [9.17, 15) is 13.2 Å². The third kappa shape index (κ3) is 6.64. The van der Waals surface area contributed by atoms with Crippen LogP contribution < -0.4 is 5.32 Å². The molecule has 0 aliphatic carbocycles. The number of sulfone groups is 1. The summed E-state index contributed by atoms with van der Waals surface area (Å²) in [4.78, 5) is 14.4. The van der Waals surface area contributed by atoms with Gasteiger partial charge in [-0.3, -0.25) is 9.69 Å². The van der Waals surface area contributed by atoms with Gasteiger partial charge in [0.15, 0.2) is 9.84 Å². The van der Waals surface area contributed by atoms with Gasteiger partial charge in [0.2, 0.25) is 5.91 Å². The largest absolute Gasteiger partial charge is 0.351 e. The molecule has 0 saturated carbocycles. The first-order chi connectivity index (χ1) is 11.9. The number of benzene rings is 1. The first-order valence-electron chi connectivity index (χ1n) is 8.81. The van der Waals surface area contributed by atoms with Crippen LogP contribution in [0.2, 0.25) is 0 Å². The van der Waals surface area contributed by atoms with Crippen molar-refractivity contribution in [3.8, 4) is 0 Å². The maximum atomic E-state index is 12.1. The van der Waals surface area contributed by atoms with Gasteiger partial charge in [0.25, 0.3) is 0 Å². The Bertz CT molecular complexity index is 673. The molecule has 1 atom stereocenters. The maximum Gasteiger partial charge on any atom is 0.230 e. The fourth-order valence-electron chi connectivity index (χ4n) is 2.90. The second kappa shape index (κ2) is 9.59. The normalized spacial score (nSPS) is 19.2. The van der Waals surface area contributed by atoms with Crippen molar-refractivity contribution in [2.45, 2.75) is 38.6 Å². The van der Waals surface area contributed by atoms with Crippen molar-refractivity contribution in [1.29, 1.82) is 0 Å². The zero-order chi connectivity index (χ0) is 18.3. The van der Waals surface area contributed by atoms with Crippen LogP contribution in [-0.4, -0.2) is 54.8 Å². The number of rotatable bonds is 9. The molecule has 0 radical (unpaired) electrons. The Morgan fingerprint density at radius 1 is 1.24 bits per heavy atom. The second-order valence-corrected chi connectivity index (χ2v) is 9.86. The van der Waals surface area contributed by atoms with E-state index in [1.165, 1.54) is 17.3 Å². The lowest BCUT2D eigenvalue weighted by molar-refractivity contribution is -0.118. The third-order valence-corrected chi connectivity index (χ3v) is 7.81. The number of nitrogens with one attached hydrogen (secondary N) is 1. The molecule has 1 fully saturated rings. The minimum atomic E-state index is -2.88. The molecule has 1 saturated heterocycles. The van der Waals surface area contributed by atoms with E-state index in [0.717, 1.165) is 25.2 Å². The van der Waals surface area contributed by atoms with Gasteiger partial charge in [0.1, 0.15) is 0 Å². The summed E-state index contributed by atoms with van der Waals surface area (Å²) in [6.45, 7) is 7.69. The first-order valence-corrected chi connectivity index (χ1v) is 11.7. The Kier molecular flexibility index (Phi) is 7.78. The molecule has 1 aliphatic rings. The van der Waals surface area contributed by atoms with Crippen molar-refractivity contribution in [1.82, 2.24) is 10.2 Å². The lowest BCUT2D eigenvalue weighted by Crippen LogP contribution is -2.27. The highest BCUT2D eigenvalue weighted by Crippen LogP contribution is 2.24. The molecule has 1 heterocycles. The molecule has 0 spiro atoms. The van der Waals surface area contributed by atoms with E-state index in [1.54, 1.807) is 0 Å². The summed E-state index contributed by atoms with van der Waals surface area (Å²) >= 11 is 1.45. The topological polar surface area (TPSA) is 66.5 Å². The average molecular weight is 385 g/mol. The highest BCUT2D eigenvalue weighted by Gasteiger charge is 2.28. The monoisotopic (exact) mass is 384 g/mol. The molecular weight excluding hydrogens is 356 g/mol. The van der Waals surface area contributed by atoms with Gasteiger partial charge >= 0.3 is 0 Å². The molecule has 1 N–H and O–H groups in total. The van der Waals surface area contributed by atoms with Crippen molar-refractivity contribution < 1.29 is 13.2 Å². The zero-order valence-corrected chi connectivity index (χ0v) is 16.7. The molecule has 140 valence electrons. The molecule has 0 aromatic heterocycles. The molecular formula is C18H28N2O3S2. The van der Waals surface area contributed by atoms with E-state index in [2.05, 4.69) is 36.2 Å². The van der Waals surface area contributed by atoms with Gasteiger partial charge in [-0.15, -0.1) is 11.8 Å². The molecule has 1 aromatic rings. The smallest absolute Gasteiger partial charge is 0.230 e. The van der Waals surface area contributed by atoms with E-state index in [1.807, 2.05) is 12.1 Å². The Balaban J connectivity index is 1.81. The van der Waals surface area contributed by atoms with Crippen LogP contribution >= 0.6 is 11.8 Å². The van der Waals surface area contributed by atoms with Crippen LogP contribution in [0.1, 0.15) is 31.4 Å². The van der Waals surface area contributed by atoms with Crippen LogP contribution in [-0.2, 0) is 27.7 Å². The van der Waals surface area contributed by atoms with Crippen molar-refractivity contribution in [2.75, 3.05) is 30.3 Å². The highest BCUT2D eigenvalue weighted by molar-refractivity contribution is 8.02. The fraction of sp³-hybridized carbons (Fsp3) is 0.611. The van der Waals surface area contributed by atoms with Crippen LogP contribution in [0.25, 0.3) is 0 Å². The number of hydrogen-bond donors (Lipinski definition) is 1. The summed E-state index contributed by atoms with van der Waals surface area (Å²) in [7, 11) is -2.88. The molecule has 0 bridgehead atoms. The molecule has 1 aliphatic heterocycles. The van der Waals surface area contributed by atoms with Gasteiger partial charge in [-0.2, -0.15) is 0 Å². The fourth-order valence-corrected chi connectivity index (χ4v) is 6.38. The van der Waals surface area contributed by atoms with E-state index in [-0.39, 0.29) is 22.7 Å². The lowest BCUT2D eigenvalue weighted by Gasteiger charge is -2.20. The lowest BCUT2D eigenvalue weighted by atomic mass is 10.1. The Morgan fingerprint density at radius 3 is 2.52 bits per heavy atom. The van der Waals surface area contributed by atoms with Gasteiger partial charge in [0, 0.05) is 18.3 Å². The molecule has 1 aromatic carbocycles. The number of hydrogen-bond acceptors (Lipinski definition) is 5. The van der Waals surface area contributed by atoms with Crippen molar-refractivity contribution >= 4 is 27.5 Å². The van der Waals surface area contributed by atoms with Gasteiger partial charge < -0.3 is 5.32 Å². The van der Waals surface area contributed by atoms with Crippen LogP contribution in [0.4, 0.5) is 0 Å². The van der Waals surface area contributed by atoms with Gasteiger partial charge in [-0.05, 0) is 30.6 Å². The Morgan fingerprint density at radius 2 is 1.92 bits per heavy atom. The minimum absolute atomic E-state index is 0.0352. The molecule has 1 unspecified atom stereocenters. The van der Waals surface area contributed by atoms with Crippen LogP contribution in [0.5, 0.6) is 0 Å². The summed E-state index contributed by atoms with van der Waals surface area (Å²) in [5.74, 6) is 0.744. The zero-order valence-electron chi connectivity index (χ0n) is 15.0. The van der Waals surface area contributed by atoms with Crippen molar-refractivity contribution in [2.24, 2.45) is 0 Å². The number of carbonyl (C=O) groups is 1. The van der Waals surface area contributed by atoms with E-state index >= 15 is 0 Å². The summed E-state index contributed by atoms with van der Waals surface area (Å²) < 4.78 is 22.9. The average Bonchev–Trinajstić information content (AvgIpc) is 2.95. The van der Waals surface area contributed by atoms with Crippen molar-refractivity contribution in [3.05, 3.63) is 35.4 Å². The number of amides is 1. The number of nitrogens with zero attached hydrogens (tertiary/aromatic N) is 1.